The first-order chi connectivity index (χ1) is 13.2. The smallest absolute Gasteiger partial charge is 0.324 e. The quantitative estimate of drug-likeness (QED) is 0.784. The minimum atomic E-state index is -3.29. The van der Waals surface area contributed by atoms with Crippen molar-refractivity contribution >= 4 is 21.6 Å². The SMILES string of the molecule is Cc1ccccc1NC(=O)Cn1nc(C2CCCN(S(C)(=O)=O)C2)n(C)c1=O. The van der Waals surface area contributed by atoms with Gasteiger partial charge in [-0.2, -0.15) is 5.10 Å². The molecule has 1 N–H and O–H groups in total. The molecular formula is C18H25N5O4S. The average Bonchev–Trinajstić information content (AvgIpc) is 2.91. The molecule has 1 atom stereocenters. The first-order valence-electron chi connectivity index (χ1n) is 9.11. The number of nitrogens with zero attached hydrogens (tertiary/aromatic N) is 4. The highest BCUT2D eigenvalue weighted by molar-refractivity contribution is 7.88. The van der Waals surface area contributed by atoms with Crippen LogP contribution in [0.2, 0.25) is 0 Å². The number of benzene rings is 1. The molecule has 1 aromatic carbocycles. The Morgan fingerprint density at radius 3 is 2.71 bits per heavy atom. The van der Waals surface area contributed by atoms with Gasteiger partial charge in [0, 0.05) is 31.7 Å². The lowest BCUT2D eigenvalue weighted by Gasteiger charge is -2.30. The number of nitrogens with one attached hydrogen (secondary N) is 1. The first kappa shape index (κ1) is 20.3. The highest BCUT2D eigenvalue weighted by Crippen LogP contribution is 2.26. The van der Waals surface area contributed by atoms with Crippen molar-refractivity contribution in [3.05, 3.63) is 46.1 Å². The molecule has 0 bridgehead atoms. The van der Waals surface area contributed by atoms with Gasteiger partial charge in [0.05, 0.1) is 6.26 Å². The zero-order chi connectivity index (χ0) is 20.5. The lowest BCUT2D eigenvalue weighted by molar-refractivity contribution is -0.117. The van der Waals surface area contributed by atoms with Crippen LogP contribution < -0.4 is 11.0 Å². The topological polar surface area (TPSA) is 106 Å². The van der Waals surface area contributed by atoms with E-state index in [2.05, 4.69) is 10.4 Å². The van der Waals surface area contributed by atoms with E-state index in [0.29, 0.717) is 31.0 Å². The molecule has 10 heteroatoms. The van der Waals surface area contributed by atoms with Gasteiger partial charge in [0.2, 0.25) is 15.9 Å². The lowest BCUT2D eigenvalue weighted by Crippen LogP contribution is -2.39. The van der Waals surface area contributed by atoms with E-state index in [9.17, 15) is 18.0 Å². The van der Waals surface area contributed by atoms with E-state index in [1.807, 2.05) is 25.1 Å². The standard InChI is InChI=1S/C18H25N5O4S/c1-13-7-4-5-9-15(13)19-16(24)12-23-18(25)21(2)17(20-23)14-8-6-10-22(11-14)28(3,26)27/h4-5,7,9,14H,6,8,10-12H2,1-3H3,(H,19,24). The molecule has 0 aliphatic carbocycles. The number of para-hydroxylation sites is 1. The van der Waals surface area contributed by atoms with E-state index >= 15 is 0 Å². The van der Waals surface area contributed by atoms with Crippen molar-refractivity contribution in [2.45, 2.75) is 32.2 Å². The molecule has 1 aromatic heterocycles. The minimum absolute atomic E-state index is 0.179. The second kappa shape index (κ2) is 7.88. The van der Waals surface area contributed by atoms with Crippen LogP contribution in [-0.2, 0) is 28.4 Å². The van der Waals surface area contributed by atoms with Gasteiger partial charge in [0.1, 0.15) is 12.4 Å². The summed E-state index contributed by atoms with van der Waals surface area (Å²) in [5, 5.41) is 7.12. The average molecular weight is 407 g/mol. The Kier molecular flexibility index (Phi) is 5.71. The molecule has 0 saturated carbocycles. The molecule has 1 unspecified atom stereocenters. The monoisotopic (exact) mass is 407 g/mol. The van der Waals surface area contributed by atoms with E-state index in [1.165, 1.54) is 15.1 Å². The summed E-state index contributed by atoms with van der Waals surface area (Å²) in [6.45, 7) is 2.45. The number of carbonyl (C=O) groups excluding carboxylic acids is 1. The summed E-state index contributed by atoms with van der Waals surface area (Å²) in [7, 11) is -1.70. The summed E-state index contributed by atoms with van der Waals surface area (Å²) < 4.78 is 27.6. The van der Waals surface area contributed by atoms with E-state index in [4.69, 9.17) is 0 Å². The Hall–Kier alpha value is -2.46. The van der Waals surface area contributed by atoms with Gasteiger partial charge in [-0.05, 0) is 31.4 Å². The van der Waals surface area contributed by atoms with Crippen LogP contribution in [0.3, 0.4) is 0 Å². The molecule has 0 radical (unpaired) electrons. The van der Waals surface area contributed by atoms with Crippen molar-refractivity contribution in [2.75, 3.05) is 24.7 Å². The third-order valence-electron chi connectivity index (χ3n) is 5.01. The molecule has 1 fully saturated rings. The van der Waals surface area contributed by atoms with Crippen LogP contribution in [0.25, 0.3) is 0 Å². The van der Waals surface area contributed by atoms with Crippen molar-refractivity contribution in [3.8, 4) is 0 Å². The van der Waals surface area contributed by atoms with Gasteiger partial charge in [0.15, 0.2) is 0 Å². The Morgan fingerprint density at radius 2 is 2.04 bits per heavy atom. The minimum Gasteiger partial charge on any atom is -0.324 e. The number of aryl methyl sites for hydroxylation is 1. The number of carbonyl (C=O) groups is 1. The molecule has 1 aliphatic heterocycles. The lowest BCUT2D eigenvalue weighted by atomic mass is 9.99. The fourth-order valence-electron chi connectivity index (χ4n) is 3.46. The van der Waals surface area contributed by atoms with Crippen LogP contribution in [0.1, 0.15) is 30.1 Å². The number of anilines is 1. The molecular weight excluding hydrogens is 382 g/mol. The molecule has 152 valence electrons. The van der Waals surface area contributed by atoms with E-state index in [1.54, 1.807) is 13.1 Å². The Labute approximate surface area is 164 Å². The zero-order valence-electron chi connectivity index (χ0n) is 16.3. The normalized spacial score (nSPS) is 18.2. The second-order valence-electron chi connectivity index (χ2n) is 7.18. The van der Waals surface area contributed by atoms with Crippen molar-refractivity contribution in [2.24, 2.45) is 7.05 Å². The summed E-state index contributed by atoms with van der Waals surface area (Å²) >= 11 is 0. The van der Waals surface area contributed by atoms with Crippen molar-refractivity contribution < 1.29 is 13.2 Å². The third-order valence-corrected chi connectivity index (χ3v) is 6.28. The molecule has 2 heterocycles. The highest BCUT2D eigenvalue weighted by atomic mass is 32.2. The van der Waals surface area contributed by atoms with Gasteiger partial charge in [-0.1, -0.05) is 18.2 Å². The van der Waals surface area contributed by atoms with Crippen LogP contribution in [0, 0.1) is 6.92 Å². The number of rotatable bonds is 5. The molecule has 1 aliphatic rings. The maximum absolute atomic E-state index is 12.5. The predicted octanol–water partition coefficient (Wildman–Crippen LogP) is 0.668. The van der Waals surface area contributed by atoms with Crippen LogP contribution in [-0.4, -0.2) is 52.3 Å². The van der Waals surface area contributed by atoms with Gasteiger partial charge in [-0.3, -0.25) is 9.36 Å². The number of amides is 1. The Balaban J connectivity index is 1.77. The van der Waals surface area contributed by atoms with Gasteiger partial charge in [-0.15, -0.1) is 0 Å². The highest BCUT2D eigenvalue weighted by Gasteiger charge is 2.30. The number of hydrogen-bond acceptors (Lipinski definition) is 5. The van der Waals surface area contributed by atoms with Crippen LogP contribution in [0.15, 0.2) is 29.1 Å². The number of aromatic nitrogens is 3. The van der Waals surface area contributed by atoms with Crippen LogP contribution in [0.5, 0.6) is 0 Å². The van der Waals surface area contributed by atoms with Crippen LogP contribution >= 0.6 is 0 Å². The summed E-state index contributed by atoms with van der Waals surface area (Å²) in [6.07, 6.45) is 2.63. The number of sulfonamides is 1. The summed E-state index contributed by atoms with van der Waals surface area (Å²) in [5.74, 6) is -0.0219. The molecule has 1 amide bonds. The van der Waals surface area contributed by atoms with Crippen LogP contribution in [0.4, 0.5) is 5.69 Å². The molecule has 0 spiro atoms. The summed E-state index contributed by atoms with van der Waals surface area (Å²) in [5.41, 5.74) is 1.21. The molecule has 28 heavy (non-hydrogen) atoms. The molecule has 3 rings (SSSR count). The molecule has 2 aromatic rings. The third kappa shape index (κ3) is 4.33. The molecule has 9 nitrogen and oxygen atoms in total. The Bertz CT molecular complexity index is 1040. The number of piperidine rings is 1. The Morgan fingerprint density at radius 1 is 1.32 bits per heavy atom. The van der Waals surface area contributed by atoms with Crippen molar-refractivity contribution in [1.29, 1.82) is 0 Å². The van der Waals surface area contributed by atoms with E-state index < -0.39 is 15.7 Å². The summed E-state index contributed by atoms with van der Waals surface area (Å²) in [6, 6.07) is 7.38. The van der Waals surface area contributed by atoms with Crippen molar-refractivity contribution in [1.82, 2.24) is 18.7 Å². The van der Waals surface area contributed by atoms with Gasteiger partial charge in [-0.25, -0.2) is 22.2 Å². The maximum atomic E-state index is 12.5. The summed E-state index contributed by atoms with van der Waals surface area (Å²) in [4.78, 5) is 24.9. The first-order valence-corrected chi connectivity index (χ1v) is 11.0. The van der Waals surface area contributed by atoms with E-state index in [0.717, 1.165) is 16.7 Å². The maximum Gasteiger partial charge on any atom is 0.346 e. The van der Waals surface area contributed by atoms with Gasteiger partial charge >= 0.3 is 5.69 Å². The molecule has 1 saturated heterocycles. The van der Waals surface area contributed by atoms with Crippen molar-refractivity contribution in [3.63, 3.8) is 0 Å². The van der Waals surface area contributed by atoms with Gasteiger partial charge < -0.3 is 5.32 Å². The predicted molar refractivity (Wildman–Crippen MR) is 106 cm³/mol. The second-order valence-corrected chi connectivity index (χ2v) is 9.16. The fourth-order valence-corrected chi connectivity index (χ4v) is 4.37. The van der Waals surface area contributed by atoms with Gasteiger partial charge in [0.25, 0.3) is 0 Å². The zero-order valence-corrected chi connectivity index (χ0v) is 17.1. The van der Waals surface area contributed by atoms with E-state index in [-0.39, 0.29) is 18.4 Å². The largest absolute Gasteiger partial charge is 0.346 e. The fraction of sp³-hybridized carbons (Fsp3) is 0.500. The number of hydrogen-bond donors (Lipinski definition) is 1.